The Kier molecular flexibility index (Phi) is 2.57. The van der Waals surface area contributed by atoms with Crippen molar-refractivity contribution in [3.63, 3.8) is 0 Å². The van der Waals surface area contributed by atoms with Gasteiger partial charge in [-0.3, -0.25) is 14.9 Å². The topological polar surface area (TPSA) is 115 Å². The summed E-state index contributed by atoms with van der Waals surface area (Å²) in [5.74, 6) is -0.174. The molecule has 2 rings (SSSR count). The molecule has 3 N–H and O–H groups in total. The Morgan fingerprint density at radius 3 is 2.71 bits per heavy atom. The predicted molar refractivity (Wildman–Crippen MR) is 61.4 cm³/mol. The number of hydrogen-bond donors (Lipinski definition) is 2. The van der Waals surface area contributed by atoms with E-state index >= 15 is 0 Å². The van der Waals surface area contributed by atoms with Crippen molar-refractivity contribution in [2.75, 3.05) is 5.73 Å². The van der Waals surface area contributed by atoms with Crippen LogP contribution in [0, 0.1) is 10.1 Å². The number of H-pyrrole nitrogens is 1. The fraction of sp³-hybridized carbons (Fsp3) is 0. The summed E-state index contributed by atoms with van der Waals surface area (Å²) in [6.07, 6.45) is 1.29. The van der Waals surface area contributed by atoms with Gasteiger partial charge in [0, 0.05) is 6.07 Å². The van der Waals surface area contributed by atoms with Crippen molar-refractivity contribution in [1.29, 1.82) is 0 Å². The van der Waals surface area contributed by atoms with Crippen molar-refractivity contribution in [2.24, 2.45) is 0 Å². The average Bonchev–Trinajstić information content (AvgIpc) is 2.32. The molecule has 0 aliphatic heterocycles. The molecular formula is C10H8N4O3. The lowest BCUT2D eigenvalue weighted by atomic mass is 10.1. The zero-order valence-corrected chi connectivity index (χ0v) is 8.58. The molecule has 0 spiro atoms. The first-order valence-electron chi connectivity index (χ1n) is 4.68. The molecule has 0 bridgehead atoms. The Labute approximate surface area is 95.1 Å². The molecule has 17 heavy (non-hydrogen) atoms. The molecule has 0 fully saturated rings. The van der Waals surface area contributed by atoms with Gasteiger partial charge < -0.3 is 10.7 Å². The summed E-state index contributed by atoms with van der Waals surface area (Å²) in [7, 11) is 0. The first kappa shape index (κ1) is 10.8. The highest BCUT2D eigenvalue weighted by Crippen LogP contribution is 2.26. The van der Waals surface area contributed by atoms with Crippen LogP contribution in [-0.4, -0.2) is 14.9 Å². The van der Waals surface area contributed by atoms with Gasteiger partial charge in [0.25, 0.3) is 11.2 Å². The molecule has 0 aliphatic carbocycles. The van der Waals surface area contributed by atoms with Crippen LogP contribution in [0.25, 0.3) is 11.3 Å². The third kappa shape index (κ3) is 1.98. The first-order valence-corrected chi connectivity index (χ1v) is 4.68. The monoisotopic (exact) mass is 232 g/mol. The van der Waals surface area contributed by atoms with Crippen LogP contribution in [0.3, 0.4) is 0 Å². The van der Waals surface area contributed by atoms with Crippen LogP contribution in [0.4, 0.5) is 11.5 Å². The largest absolute Gasteiger partial charge is 0.379 e. The molecular weight excluding hydrogens is 224 g/mol. The van der Waals surface area contributed by atoms with Gasteiger partial charge in [-0.05, 0) is 6.07 Å². The van der Waals surface area contributed by atoms with E-state index in [1.54, 1.807) is 12.1 Å². The van der Waals surface area contributed by atoms with Crippen LogP contribution < -0.4 is 11.3 Å². The molecule has 0 atom stereocenters. The second kappa shape index (κ2) is 4.05. The number of benzene rings is 1. The van der Waals surface area contributed by atoms with Crippen molar-refractivity contribution in [1.82, 2.24) is 9.97 Å². The Balaban J connectivity index is 2.64. The number of para-hydroxylation sites is 1. The minimum absolute atomic E-state index is 0.102. The van der Waals surface area contributed by atoms with Gasteiger partial charge >= 0.3 is 0 Å². The van der Waals surface area contributed by atoms with Crippen molar-refractivity contribution in [3.05, 3.63) is 50.9 Å². The van der Waals surface area contributed by atoms with Crippen molar-refractivity contribution in [3.8, 4) is 11.3 Å². The van der Waals surface area contributed by atoms with E-state index in [-0.39, 0.29) is 17.2 Å². The minimum atomic E-state index is -0.569. The fourth-order valence-electron chi connectivity index (χ4n) is 1.41. The number of rotatable bonds is 2. The first-order chi connectivity index (χ1) is 8.09. The second-order valence-corrected chi connectivity index (χ2v) is 3.29. The predicted octanol–water partition coefficient (Wildman–Crippen LogP) is 0.927. The van der Waals surface area contributed by atoms with Crippen LogP contribution in [0.1, 0.15) is 0 Å². The van der Waals surface area contributed by atoms with Crippen LogP contribution in [0.5, 0.6) is 0 Å². The molecule has 1 aromatic carbocycles. The van der Waals surface area contributed by atoms with E-state index in [4.69, 9.17) is 5.73 Å². The number of aromatic amines is 1. The molecule has 0 saturated heterocycles. The summed E-state index contributed by atoms with van der Waals surface area (Å²) < 4.78 is 0. The van der Waals surface area contributed by atoms with Crippen LogP contribution >= 0.6 is 0 Å². The molecule has 1 heterocycles. The Hall–Kier alpha value is -2.70. The number of anilines is 1. The molecule has 0 aliphatic rings. The third-order valence-electron chi connectivity index (χ3n) is 2.20. The summed E-state index contributed by atoms with van der Waals surface area (Å²) in [5, 5.41) is 10.8. The number of nitrogens with zero attached hydrogens (tertiary/aromatic N) is 2. The maximum Gasteiger partial charge on any atom is 0.290 e. The number of nitro groups is 1. The van der Waals surface area contributed by atoms with Gasteiger partial charge in [-0.1, -0.05) is 12.1 Å². The number of nitrogens with one attached hydrogen (secondary N) is 1. The fourth-order valence-corrected chi connectivity index (χ4v) is 1.41. The van der Waals surface area contributed by atoms with Crippen LogP contribution in [0.15, 0.2) is 35.3 Å². The van der Waals surface area contributed by atoms with Crippen molar-refractivity contribution in [2.45, 2.75) is 0 Å². The van der Waals surface area contributed by atoms with Gasteiger partial charge in [-0.15, -0.1) is 0 Å². The van der Waals surface area contributed by atoms with Gasteiger partial charge in [-0.2, -0.15) is 0 Å². The van der Waals surface area contributed by atoms with Crippen LogP contribution in [-0.2, 0) is 0 Å². The van der Waals surface area contributed by atoms with Crippen LogP contribution in [0.2, 0.25) is 0 Å². The lowest BCUT2D eigenvalue weighted by Gasteiger charge is -2.02. The highest BCUT2D eigenvalue weighted by molar-refractivity contribution is 5.69. The zero-order chi connectivity index (χ0) is 12.4. The molecule has 86 valence electrons. The smallest absolute Gasteiger partial charge is 0.290 e. The summed E-state index contributed by atoms with van der Waals surface area (Å²) in [5.41, 5.74) is 5.16. The summed E-state index contributed by atoms with van der Waals surface area (Å²) in [4.78, 5) is 27.7. The lowest BCUT2D eigenvalue weighted by Crippen LogP contribution is -2.14. The average molecular weight is 232 g/mol. The summed E-state index contributed by atoms with van der Waals surface area (Å²) in [6.45, 7) is 0. The van der Waals surface area contributed by atoms with Gasteiger partial charge in [0.05, 0.1) is 22.4 Å². The van der Waals surface area contributed by atoms with Gasteiger partial charge in [0.2, 0.25) is 0 Å². The molecule has 7 heteroatoms. The highest BCUT2D eigenvalue weighted by atomic mass is 16.6. The Morgan fingerprint density at radius 2 is 2.06 bits per heavy atom. The van der Waals surface area contributed by atoms with E-state index in [0.29, 0.717) is 5.56 Å². The molecule has 0 saturated carbocycles. The van der Waals surface area contributed by atoms with Crippen molar-refractivity contribution >= 4 is 11.5 Å². The molecule has 0 amide bonds. The Morgan fingerprint density at radius 1 is 1.35 bits per heavy atom. The van der Waals surface area contributed by atoms with E-state index in [1.165, 1.54) is 18.3 Å². The van der Waals surface area contributed by atoms with E-state index in [0.717, 1.165) is 0 Å². The third-order valence-corrected chi connectivity index (χ3v) is 2.20. The summed E-state index contributed by atoms with van der Waals surface area (Å²) >= 11 is 0. The molecule has 1 aromatic heterocycles. The number of aromatic nitrogens is 2. The summed E-state index contributed by atoms with van der Waals surface area (Å²) in [6, 6.07) is 6.06. The Bertz CT molecular complexity index is 635. The molecule has 7 nitrogen and oxygen atoms in total. The van der Waals surface area contributed by atoms with Gasteiger partial charge in [-0.25, -0.2) is 4.98 Å². The second-order valence-electron chi connectivity index (χ2n) is 3.29. The number of hydrogen-bond acceptors (Lipinski definition) is 5. The number of nitrogens with two attached hydrogens (primary N) is 1. The van der Waals surface area contributed by atoms with Gasteiger partial charge in [0.1, 0.15) is 0 Å². The van der Waals surface area contributed by atoms with E-state index in [1.807, 2.05) is 0 Å². The molecule has 0 unspecified atom stereocenters. The number of nitro benzene ring substituents is 1. The number of nitrogen functional groups attached to an aromatic ring is 1. The standard InChI is InChI=1S/C10H8N4O3/c11-9-10(15)13-7(5-12-9)6-3-1-2-4-8(6)14(16)17/h1-5H,(H2,11,12)(H,13,15). The lowest BCUT2D eigenvalue weighted by molar-refractivity contribution is -0.384. The maximum absolute atomic E-state index is 11.3. The zero-order valence-electron chi connectivity index (χ0n) is 8.58. The highest BCUT2D eigenvalue weighted by Gasteiger charge is 2.15. The minimum Gasteiger partial charge on any atom is -0.379 e. The molecule has 0 radical (unpaired) electrons. The van der Waals surface area contributed by atoms with E-state index in [9.17, 15) is 14.9 Å². The van der Waals surface area contributed by atoms with E-state index in [2.05, 4.69) is 9.97 Å². The maximum atomic E-state index is 11.3. The quantitative estimate of drug-likeness (QED) is 0.590. The normalized spacial score (nSPS) is 10.1. The van der Waals surface area contributed by atoms with E-state index < -0.39 is 10.5 Å². The molecule has 2 aromatic rings. The SMILES string of the molecule is Nc1ncc(-c2ccccc2[N+](=O)[O-])[nH]c1=O. The van der Waals surface area contributed by atoms with Gasteiger partial charge in [0.15, 0.2) is 5.82 Å². The van der Waals surface area contributed by atoms with Crippen molar-refractivity contribution < 1.29 is 4.92 Å².